The molecule has 0 aliphatic carbocycles. The molecule has 0 saturated carbocycles. The van der Waals surface area contributed by atoms with Crippen molar-refractivity contribution in [1.82, 2.24) is 9.88 Å². The Balaban J connectivity index is 1.11. The molecule has 1 aliphatic heterocycles. The van der Waals surface area contributed by atoms with Gasteiger partial charge in [-0.2, -0.15) is 0 Å². The fraction of sp³-hybridized carbons (Fsp3) is 0.0196. The van der Waals surface area contributed by atoms with E-state index in [2.05, 4.69) is 174 Å². The smallest absolute Gasteiger partial charge is 0.159 e. The normalized spacial score (nSPS) is 14.2. The van der Waals surface area contributed by atoms with Crippen molar-refractivity contribution in [3.63, 3.8) is 0 Å². The van der Waals surface area contributed by atoms with Gasteiger partial charge in [-0.1, -0.05) is 170 Å². The van der Waals surface area contributed by atoms with E-state index < -0.39 is 0 Å². The van der Waals surface area contributed by atoms with Crippen LogP contribution in [0.15, 0.2) is 209 Å². The number of nitrogens with one attached hydrogen (secondary N) is 1. The standard InChI is InChI=1S/C51H34N4O/c1-4-15-33(16-5-1)36-21-12-22-37(31-36)50-52-49(35-19-8-3-9-20-35)53-51(54-50)38-29-30-41-40-23-10-11-27-44(40)55(46(41)32-38)45-28-14-26-43-42-25-13-24-39(47(42)56-48(43)45)34-17-6-2-7-18-34/h1-32,50H,(H,52,53,54). The third-order valence-corrected chi connectivity index (χ3v) is 10.9. The summed E-state index contributed by atoms with van der Waals surface area (Å²) in [7, 11) is 0. The van der Waals surface area contributed by atoms with Gasteiger partial charge < -0.3 is 14.3 Å². The number of para-hydroxylation sites is 3. The van der Waals surface area contributed by atoms with E-state index in [9.17, 15) is 0 Å². The predicted molar refractivity (Wildman–Crippen MR) is 231 cm³/mol. The summed E-state index contributed by atoms with van der Waals surface area (Å²) in [5.41, 5.74) is 12.4. The molecule has 1 atom stereocenters. The quantitative estimate of drug-likeness (QED) is 0.186. The zero-order valence-electron chi connectivity index (χ0n) is 30.3. The largest absolute Gasteiger partial charge is 0.453 e. The third kappa shape index (κ3) is 5.32. The summed E-state index contributed by atoms with van der Waals surface area (Å²) in [6.45, 7) is 0. The van der Waals surface area contributed by atoms with Crippen LogP contribution in [0.3, 0.4) is 0 Å². The molecule has 1 N–H and O–H groups in total. The molecule has 56 heavy (non-hydrogen) atoms. The van der Waals surface area contributed by atoms with E-state index in [-0.39, 0.29) is 6.17 Å². The Hall–Kier alpha value is -7.50. The lowest BCUT2D eigenvalue weighted by atomic mass is 10.0. The fourth-order valence-corrected chi connectivity index (χ4v) is 8.21. The summed E-state index contributed by atoms with van der Waals surface area (Å²) < 4.78 is 9.27. The Morgan fingerprint density at radius 3 is 1.88 bits per heavy atom. The maximum Gasteiger partial charge on any atom is 0.159 e. The second kappa shape index (κ2) is 13.1. The maximum absolute atomic E-state index is 6.93. The Bertz CT molecular complexity index is 3160. The number of fused-ring (bicyclic) bond motifs is 6. The number of hydrogen-bond donors (Lipinski definition) is 1. The highest BCUT2D eigenvalue weighted by atomic mass is 16.3. The zero-order valence-corrected chi connectivity index (χ0v) is 30.3. The van der Waals surface area contributed by atoms with Crippen LogP contribution in [0.4, 0.5) is 0 Å². The maximum atomic E-state index is 6.93. The molecule has 1 aliphatic rings. The average Bonchev–Trinajstić information content (AvgIpc) is 3.83. The zero-order chi connectivity index (χ0) is 37.0. The number of aliphatic imine (C=N–C) groups is 2. The molecule has 5 heteroatoms. The second-order valence-electron chi connectivity index (χ2n) is 14.2. The van der Waals surface area contributed by atoms with Crippen molar-refractivity contribution in [2.45, 2.75) is 6.17 Å². The van der Waals surface area contributed by atoms with Crippen LogP contribution in [0.2, 0.25) is 0 Å². The number of rotatable bonds is 6. The fourth-order valence-electron chi connectivity index (χ4n) is 8.21. The van der Waals surface area contributed by atoms with E-state index in [1.54, 1.807) is 0 Å². The molecule has 0 amide bonds. The van der Waals surface area contributed by atoms with Crippen LogP contribution in [0.25, 0.3) is 71.7 Å². The highest BCUT2D eigenvalue weighted by Gasteiger charge is 2.24. The summed E-state index contributed by atoms with van der Waals surface area (Å²) in [6, 6.07) is 67.9. The van der Waals surface area contributed by atoms with Crippen LogP contribution in [0, 0.1) is 0 Å². The number of benzene rings is 8. The minimum absolute atomic E-state index is 0.342. The first-order chi connectivity index (χ1) is 27.8. The molecule has 11 rings (SSSR count). The molecule has 0 radical (unpaired) electrons. The molecule has 0 fully saturated rings. The van der Waals surface area contributed by atoms with Gasteiger partial charge in [0.2, 0.25) is 0 Å². The minimum atomic E-state index is -0.342. The Morgan fingerprint density at radius 2 is 1.07 bits per heavy atom. The minimum Gasteiger partial charge on any atom is -0.453 e. The van der Waals surface area contributed by atoms with Crippen LogP contribution in [0.5, 0.6) is 0 Å². The molecule has 0 bridgehead atoms. The second-order valence-corrected chi connectivity index (χ2v) is 14.2. The lowest BCUT2D eigenvalue weighted by Gasteiger charge is -2.24. The molecular weight excluding hydrogens is 685 g/mol. The van der Waals surface area contributed by atoms with Crippen molar-refractivity contribution in [2.24, 2.45) is 9.98 Å². The molecule has 0 spiro atoms. The number of hydrogen-bond acceptors (Lipinski definition) is 4. The van der Waals surface area contributed by atoms with Crippen molar-refractivity contribution in [2.75, 3.05) is 0 Å². The molecule has 2 aromatic heterocycles. The lowest BCUT2D eigenvalue weighted by Crippen LogP contribution is -2.33. The molecule has 5 nitrogen and oxygen atoms in total. The van der Waals surface area contributed by atoms with Crippen LogP contribution < -0.4 is 5.32 Å². The van der Waals surface area contributed by atoms with Gasteiger partial charge in [0.15, 0.2) is 11.4 Å². The van der Waals surface area contributed by atoms with Gasteiger partial charge in [0, 0.05) is 38.2 Å². The van der Waals surface area contributed by atoms with Crippen LogP contribution in [-0.2, 0) is 0 Å². The van der Waals surface area contributed by atoms with Gasteiger partial charge in [0.1, 0.15) is 17.6 Å². The third-order valence-electron chi connectivity index (χ3n) is 10.9. The van der Waals surface area contributed by atoms with Crippen molar-refractivity contribution < 1.29 is 4.42 Å². The summed E-state index contributed by atoms with van der Waals surface area (Å²) >= 11 is 0. The van der Waals surface area contributed by atoms with E-state index in [1.165, 1.54) is 10.9 Å². The van der Waals surface area contributed by atoms with Gasteiger partial charge in [-0.25, -0.2) is 9.98 Å². The number of furan rings is 1. The van der Waals surface area contributed by atoms with Crippen LogP contribution >= 0.6 is 0 Å². The lowest BCUT2D eigenvalue weighted by molar-refractivity contribution is 0.667. The Morgan fingerprint density at radius 1 is 0.446 bits per heavy atom. The molecule has 0 saturated heterocycles. The number of amidine groups is 2. The molecular formula is C51H34N4O. The first-order valence-electron chi connectivity index (χ1n) is 18.9. The van der Waals surface area contributed by atoms with Crippen molar-refractivity contribution in [3.8, 4) is 27.9 Å². The SMILES string of the molecule is c1ccc(C2=NC(c3ccc4c5ccccc5n(-c5cccc6c5oc5c(-c7ccccc7)cccc56)c4c3)=NC(c3cccc(-c4ccccc4)c3)N2)cc1. The topological polar surface area (TPSA) is 54.8 Å². The summed E-state index contributed by atoms with van der Waals surface area (Å²) in [5, 5.41) is 8.15. The van der Waals surface area contributed by atoms with Gasteiger partial charge in [-0.3, -0.25) is 0 Å². The Kier molecular flexibility index (Phi) is 7.49. The van der Waals surface area contributed by atoms with E-state index >= 15 is 0 Å². The summed E-state index contributed by atoms with van der Waals surface area (Å²) in [5.74, 6) is 1.46. The number of aromatic nitrogens is 1. The molecule has 1 unspecified atom stereocenters. The van der Waals surface area contributed by atoms with Gasteiger partial charge in [0.25, 0.3) is 0 Å². The molecule has 3 heterocycles. The predicted octanol–water partition coefficient (Wildman–Crippen LogP) is 12.5. The van der Waals surface area contributed by atoms with E-state index in [4.69, 9.17) is 14.4 Å². The summed E-state index contributed by atoms with van der Waals surface area (Å²) in [6.07, 6.45) is -0.342. The first-order valence-corrected chi connectivity index (χ1v) is 18.9. The van der Waals surface area contributed by atoms with Gasteiger partial charge >= 0.3 is 0 Å². The first kappa shape index (κ1) is 32.0. The molecule has 264 valence electrons. The Labute approximate surface area is 323 Å². The monoisotopic (exact) mass is 718 g/mol. The van der Waals surface area contributed by atoms with Crippen molar-refractivity contribution >= 4 is 55.4 Å². The van der Waals surface area contributed by atoms with Crippen LogP contribution in [-0.4, -0.2) is 16.2 Å². The average molecular weight is 719 g/mol. The van der Waals surface area contributed by atoms with Gasteiger partial charge in [-0.05, 0) is 46.5 Å². The van der Waals surface area contributed by atoms with Gasteiger partial charge in [0.05, 0.1) is 16.7 Å². The molecule has 10 aromatic rings. The highest BCUT2D eigenvalue weighted by Crippen LogP contribution is 2.41. The van der Waals surface area contributed by atoms with Crippen molar-refractivity contribution in [1.29, 1.82) is 0 Å². The highest BCUT2D eigenvalue weighted by molar-refractivity contribution is 6.17. The van der Waals surface area contributed by atoms with Crippen molar-refractivity contribution in [3.05, 3.63) is 211 Å². The van der Waals surface area contributed by atoms with E-state index in [0.717, 1.165) is 83.3 Å². The van der Waals surface area contributed by atoms with E-state index in [0.29, 0.717) is 5.84 Å². The molecule has 8 aromatic carbocycles. The van der Waals surface area contributed by atoms with Gasteiger partial charge in [-0.15, -0.1) is 0 Å². The van der Waals surface area contributed by atoms with Crippen LogP contribution in [0.1, 0.15) is 22.9 Å². The number of nitrogens with zero attached hydrogens (tertiary/aromatic N) is 3. The summed E-state index contributed by atoms with van der Waals surface area (Å²) in [4.78, 5) is 10.5. The van der Waals surface area contributed by atoms with E-state index in [1.807, 2.05) is 30.3 Å².